The highest BCUT2D eigenvalue weighted by Gasteiger charge is 2.10. The molecule has 0 aliphatic rings. The fraction of sp³-hybridized carbons (Fsp3) is 0.364. The predicted octanol–water partition coefficient (Wildman–Crippen LogP) is 4.05. The normalized spacial score (nSPS) is 10.4. The summed E-state index contributed by atoms with van der Waals surface area (Å²) >= 11 is 0. The van der Waals surface area contributed by atoms with E-state index in [9.17, 15) is 9.59 Å². The standard InChI is InChI=1S/C22H29N3O3/c1-4-5-13-28-20-12-7-6-11-19(20)23-15-21(26)25-18-10-8-9-17(14-18)22(27)24-16(2)3/h6-12,14,16,23H,4-5,13,15H2,1-3H3,(H,24,27)(H,25,26). The molecule has 0 heterocycles. The molecule has 0 radical (unpaired) electrons. The summed E-state index contributed by atoms with van der Waals surface area (Å²) in [5, 5.41) is 8.75. The van der Waals surface area contributed by atoms with Crippen LogP contribution in [0, 0.1) is 0 Å². The molecule has 6 nitrogen and oxygen atoms in total. The van der Waals surface area contributed by atoms with E-state index >= 15 is 0 Å². The molecule has 0 aromatic heterocycles. The van der Waals surface area contributed by atoms with Crippen molar-refractivity contribution in [2.45, 2.75) is 39.7 Å². The van der Waals surface area contributed by atoms with E-state index in [1.807, 2.05) is 38.1 Å². The third-order valence-electron chi connectivity index (χ3n) is 3.91. The van der Waals surface area contributed by atoms with Crippen LogP contribution in [0.2, 0.25) is 0 Å². The van der Waals surface area contributed by atoms with Gasteiger partial charge in [0.2, 0.25) is 5.91 Å². The highest BCUT2D eigenvalue weighted by molar-refractivity contribution is 5.98. The first-order valence-corrected chi connectivity index (χ1v) is 9.66. The number of carbonyl (C=O) groups is 2. The number of benzene rings is 2. The van der Waals surface area contributed by atoms with Gasteiger partial charge < -0.3 is 20.7 Å². The first-order chi connectivity index (χ1) is 13.5. The number of para-hydroxylation sites is 2. The maximum atomic E-state index is 12.3. The maximum absolute atomic E-state index is 12.3. The summed E-state index contributed by atoms with van der Waals surface area (Å²) in [5.74, 6) is 0.364. The van der Waals surface area contributed by atoms with Crippen molar-refractivity contribution >= 4 is 23.2 Å². The van der Waals surface area contributed by atoms with Crippen LogP contribution in [0.5, 0.6) is 5.75 Å². The number of nitrogens with one attached hydrogen (secondary N) is 3. The second-order valence-electron chi connectivity index (χ2n) is 6.81. The summed E-state index contributed by atoms with van der Waals surface area (Å²) in [6.45, 7) is 6.65. The Morgan fingerprint density at radius 1 is 1.07 bits per heavy atom. The fourth-order valence-corrected chi connectivity index (χ4v) is 2.53. The second kappa shape index (κ2) is 11.0. The molecule has 0 atom stereocenters. The van der Waals surface area contributed by atoms with Crippen molar-refractivity contribution in [3.8, 4) is 5.75 Å². The van der Waals surface area contributed by atoms with Gasteiger partial charge in [0.25, 0.3) is 5.91 Å². The third kappa shape index (κ3) is 6.95. The lowest BCUT2D eigenvalue weighted by Gasteiger charge is -2.13. The van der Waals surface area contributed by atoms with Crippen molar-refractivity contribution in [2.75, 3.05) is 23.8 Å². The Morgan fingerprint density at radius 2 is 1.86 bits per heavy atom. The molecular formula is C22H29N3O3. The Balaban J connectivity index is 1.92. The number of carbonyl (C=O) groups excluding carboxylic acids is 2. The summed E-state index contributed by atoms with van der Waals surface area (Å²) in [5.41, 5.74) is 1.86. The molecule has 2 aromatic rings. The molecule has 0 fully saturated rings. The van der Waals surface area contributed by atoms with Crippen LogP contribution in [-0.2, 0) is 4.79 Å². The first-order valence-electron chi connectivity index (χ1n) is 9.66. The van der Waals surface area contributed by atoms with Crippen molar-refractivity contribution < 1.29 is 14.3 Å². The van der Waals surface area contributed by atoms with E-state index < -0.39 is 0 Å². The predicted molar refractivity (Wildman–Crippen MR) is 113 cm³/mol. The lowest BCUT2D eigenvalue weighted by atomic mass is 10.1. The van der Waals surface area contributed by atoms with Crippen LogP contribution in [0.15, 0.2) is 48.5 Å². The zero-order valence-electron chi connectivity index (χ0n) is 16.7. The minimum atomic E-state index is -0.204. The SMILES string of the molecule is CCCCOc1ccccc1NCC(=O)Nc1cccc(C(=O)NC(C)C)c1. The van der Waals surface area contributed by atoms with E-state index in [-0.39, 0.29) is 24.4 Å². The third-order valence-corrected chi connectivity index (χ3v) is 3.91. The number of rotatable bonds is 10. The van der Waals surface area contributed by atoms with E-state index in [0.29, 0.717) is 17.9 Å². The van der Waals surface area contributed by atoms with Crippen LogP contribution in [-0.4, -0.2) is 31.0 Å². The number of hydrogen-bond donors (Lipinski definition) is 3. The Kier molecular flexibility index (Phi) is 8.34. The van der Waals surface area contributed by atoms with Crippen molar-refractivity contribution in [1.82, 2.24) is 5.32 Å². The quantitative estimate of drug-likeness (QED) is 0.541. The average molecular weight is 383 g/mol. The Bertz CT molecular complexity index is 790. The van der Waals surface area contributed by atoms with Gasteiger partial charge in [0.15, 0.2) is 0 Å². The molecule has 0 saturated carbocycles. The molecule has 0 aliphatic heterocycles. The van der Waals surface area contributed by atoms with Gasteiger partial charge in [0.1, 0.15) is 5.75 Å². The average Bonchev–Trinajstić information content (AvgIpc) is 2.67. The fourth-order valence-electron chi connectivity index (χ4n) is 2.53. The van der Waals surface area contributed by atoms with Crippen molar-refractivity contribution in [3.05, 3.63) is 54.1 Å². The topological polar surface area (TPSA) is 79.5 Å². The molecule has 3 N–H and O–H groups in total. The molecule has 2 aromatic carbocycles. The van der Waals surface area contributed by atoms with Crippen LogP contribution in [0.3, 0.4) is 0 Å². The second-order valence-corrected chi connectivity index (χ2v) is 6.81. The summed E-state index contributed by atoms with van der Waals surface area (Å²) < 4.78 is 5.76. The van der Waals surface area contributed by atoms with Crippen molar-refractivity contribution in [2.24, 2.45) is 0 Å². The van der Waals surface area contributed by atoms with Gasteiger partial charge in [-0.15, -0.1) is 0 Å². The zero-order chi connectivity index (χ0) is 20.4. The Labute approximate surface area is 166 Å². The van der Waals surface area contributed by atoms with Gasteiger partial charge in [-0.3, -0.25) is 9.59 Å². The number of amides is 2. The molecule has 0 unspecified atom stereocenters. The highest BCUT2D eigenvalue weighted by atomic mass is 16.5. The summed E-state index contributed by atoms with van der Waals surface area (Å²) in [6, 6.07) is 14.5. The van der Waals surface area contributed by atoms with E-state index in [4.69, 9.17) is 4.74 Å². The Morgan fingerprint density at radius 3 is 2.61 bits per heavy atom. The van der Waals surface area contributed by atoms with Gasteiger partial charge in [-0.2, -0.15) is 0 Å². The van der Waals surface area contributed by atoms with Crippen LogP contribution >= 0.6 is 0 Å². The van der Waals surface area contributed by atoms with E-state index in [2.05, 4.69) is 22.9 Å². The van der Waals surface area contributed by atoms with Crippen LogP contribution in [0.25, 0.3) is 0 Å². The smallest absolute Gasteiger partial charge is 0.251 e. The van der Waals surface area contributed by atoms with Crippen LogP contribution < -0.4 is 20.7 Å². The number of unbranched alkanes of at least 4 members (excludes halogenated alkanes) is 1. The highest BCUT2D eigenvalue weighted by Crippen LogP contribution is 2.23. The van der Waals surface area contributed by atoms with Crippen LogP contribution in [0.4, 0.5) is 11.4 Å². The molecule has 0 bridgehead atoms. The van der Waals surface area contributed by atoms with Crippen molar-refractivity contribution in [3.63, 3.8) is 0 Å². The number of anilines is 2. The minimum absolute atomic E-state index is 0.0505. The number of hydrogen-bond acceptors (Lipinski definition) is 4. The van der Waals surface area contributed by atoms with Gasteiger partial charge in [-0.05, 0) is 50.6 Å². The molecule has 0 aliphatic carbocycles. The van der Waals surface area contributed by atoms with Gasteiger partial charge in [-0.1, -0.05) is 31.5 Å². The van der Waals surface area contributed by atoms with E-state index in [0.717, 1.165) is 24.3 Å². The molecule has 150 valence electrons. The minimum Gasteiger partial charge on any atom is -0.491 e. The summed E-state index contributed by atoms with van der Waals surface area (Å²) in [4.78, 5) is 24.4. The van der Waals surface area contributed by atoms with E-state index in [1.165, 1.54) is 0 Å². The van der Waals surface area contributed by atoms with E-state index in [1.54, 1.807) is 24.3 Å². The first kappa shape index (κ1) is 21.3. The zero-order valence-corrected chi connectivity index (χ0v) is 16.7. The summed E-state index contributed by atoms with van der Waals surface area (Å²) in [7, 11) is 0. The van der Waals surface area contributed by atoms with Gasteiger partial charge in [0, 0.05) is 17.3 Å². The van der Waals surface area contributed by atoms with Gasteiger partial charge in [-0.25, -0.2) is 0 Å². The number of ether oxygens (including phenoxy) is 1. The van der Waals surface area contributed by atoms with Crippen molar-refractivity contribution in [1.29, 1.82) is 0 Å². The molecule has 0 saturated heterocycles. The lowest BCUT2D eigenvalue weighted by molar-refractivity contribution is -0.114. The molecule has 2 rings (SSSR count). The van der Waals surface area contributed by atoms with Gasteiger partial charge >= 0.3 is 0 Å². The molecule has 0 spiro atoms. The maximum Gasteiger partial charge on any atom is 0.251 e. The summed E-state index contributed by atoms with van der Waals surface area (Å²) in [6.07, 6.45) is 2.04. The monoisotopic (exact) mass is 383 g/mol. The Hall–Kier alpha value is -3.02. The molecule has 2 amide bonds. The largest absolute Gasteiger partial charge is 0.491 e. The molecular weight excluding hydrogens is 354 g/mol. The van der Waals surface area contributed by atoms with Gasteiger partial charge in [0.05, 0.1) is 18.8 Å². The molecule has 28 heavy (non-hydrogen) atoms. The lowest BCUT2D eigenvalue weighted by Crippen LogP contribution is -2.30. The molecule has 6 heteroatoms. The van der Waals surface area contributed by atoms with Crippen LogP contribution in [0.1, 0.15) is 44.0 Å².